The maximum absolute atomic E-state index is 12.6. The molecular formula is C18H17ClN2O3. The summed E-state index contributed by atoms with van der Waals surface area (Å²) in [6.45, 7) is 1.82. The maximum atomic E-state index is 12.6. The van der Waals surface area contributed by atoms with Gasteiger partial charge in [-0.25, -0.2) is 0 Å². The van der Waals surface area contributed by atoms with Gasteiger partial charge in [-0.1, -0.05) is 29.8 Å². The number of carbonyl (C=O) groups is 2. The molecule has 0 aromatic heterocycles. The summed E-state index contributed by atoms with van der Waals surface area (Å²) in [6, 6.07) is 12.4. The molecule has 24 heavy (non-hydrogen) atoms. The monoisotopic (exact) mass is 344 g/mol. The number of hydrogen-bond donors (Lipinski definition) is 1. The number of fused-ring (bicyclic) bond motifs is 1. The SMILES string of the molecule is CC1Cc2ccccc2N1C(=O)COc1ccc(Cl)cc1C(N)=O. The van der Waals surface area contributed by atoms with Crippen LogP contribution in [0.5, 0.6) is 5.75 Å². The quantitative estimate of drug-likeness (QED) is 0.926. The topological polar surface area (TPSA) is 72.6 Å². The first kappa shape index (κ1) is 16.3. The molecule has 0 saturated heterocycles. The molecular weight excluding hydrogens is 328 g/mol. The summed E-state index contributed by atoms with van der Waals surface area (Å²) in [4.78, 5) is 25.8. The van der Waals surface area contributed by atoms with Gasteiger partial charge in [0.25, 0.3) is 11.8 Å². The zero-order valence-electron chi connectivity index (χ0n) is 13.2. The standard InChI is InChI=1S/C18H17ClN2O3/c1-11-8-12-4-2-3-5-15(12)21(11)17(22)10-24-16-7-6-13(19)9-14(16)18(20)23/h2-7,9,11H,8,10H2,1H3,(H2,20,23). The Labute approximate surface area is 145 Å². The van der Waals surface area contributed by atoms with E-state index in [-0.39, 0.29) is 29.9 Å². The highest BCUT2D eigenvalue weighted by atomic mass is 35.5. The Morgan fingerprint density at radius 2 is 2.04 bits per heavy atom. The van der Waals surface area contributed by atoms with Crippen molar-refractivity contribution in [2.24, 2.45) is 5.73 Å². The highest BCUT2D eigenvalue weighted by Gasteiger charge is 2.30. The van der Waals surface area contributed by atoms with Crippen LogP contribution in [0.3, 0.4) is 0 Å². The molecule has 0 aliphatic carbocycles. The summed E-state index contributed by atoms with van der Waals surface area (Å²) in [5.74, 6) is -0.571. The highest BCUT2D eigenvalue weighted by Crippen LogP contribution is 2.32. The lowest BCUT2D eigenvalue weighted by Crippen LogP contribution is -2.39. The molecule has 2 N–H and O–H groups in total. The van der Waals surface area contributed by atoms with Crippen molar-refractivity contribution in [1.82, 2.24) is 0 Å². The van der Waals surface area contributed by atoms with Gasteiger partial charge in [0.15, 0.2) is 6.61 Å². The van der Waals surface area contributed by atoms with Crippen LogP contribution < -0.4 is 15.4 Å². The summed E-state index contributed by atoms with van der Waals surface area (Å²) < 4.78 is 5.54. The number of hydrogen-bond acceptors (Lipinski definition) is 3. The van der Waals surface area contributed by atoms with Crippen LogP contribution in [0.1, 0.15) is 22.8 Å². The number of ether oxygens (including phenoxy) is 1. The summed E-state index contributed by atoms with van der Waals surface area (Å²) in [5.41, 5.74) is 7.53. The lowest BCUT2D eigenvalue weighted by Gasteiger charge is -2.23. The van der Waals surface area contributed by atoms with Crippen LogP contribution >= 0.6 is 11.6 Å². The van der Waals surface area contributed by atoms with Crippen molar-refractivity contribution in [3.05, 3.63) is 58.6 Å². The number of halogens is 1. The Kier molecular flexibility index (Phi) is 4.44. The Balaban J connectivity index is 1.76. The van der Waals surface area contributed by atoms with Crippen LogP contribution in [0.2, 0.25) is 5.02 Å². The van der Waals surface area contributed by atoms with E-state index in [1.165, 1.54) is 12.1 Å². The number of primary amides is 1. The molecule has 0 radical (unpaired) electrons. The zero-order chi connectivity index (χ0) is 17.3. The van der Waals surface area contributed by atoms with Crippen LogP contribution in [0.15, 0.2) is 42.5 Å². The second kappa shape index (κ2) is 6.53. The van der Waals surface area contributed by atoms with Crippen molar-refractivity contribution in [3.8, 4) is 5.75 Å². The van der Waals surface area contributed by atoms with Crippen molar-refractivity contribution in [3.63, 3.8) is 0 Å². The number of amides is 2. The van der Waals surface area contributed by atoms with E-state index in [2.05, 4.69) is 0 Å². The fraction of sp³-hybridized carbons (Fsp3) is 0.222. The lowest BCUT2D eigenvalue weighted by atomic mass is 10.1. The van der Waals surface area contributed by atoms with Gasteiger partial charge in [-0.05, 0) is 43.2 Å². The second-order valence-corrected chi connectivity index (χ2v) is 6.18. The van der Waals surface area contributed by atoms with Crippen molar-refractivity contribution in [2.75, 3.05) is 11.5 Å². The Morgan fingerprint density at radius 1 is 1.29 bits per heavy atom. The average Bonchev–Trinajstić information content (AvgIpc) is 2.89. The number of carbonyl (C=O) groups excluding carboxylic acids is 2. The summed E-state index contributed by atoms with van der Waals surface area (Å²) in [7, 11) is 0. The van der Waals surface area contributed by atoms with Crippen LogP contribution in [0.4, 0.5) is 5.69 Å². The third-order valence-corrected chi connectivity index (χ3v) is 4.27. The van der Waals surface area contributed by atoms with Crippen molar-refractivity contribution in [2.45, 2.75) is 19.4 Å². The van der Waals surface area contributed by atoms with E-state index in [0.29, 0.717) is 5.02 Å². The van der Waals surface area contributed by atoms with Gasteiger partial charge in [0.05, 0.1) is 5.56 Å². The predicted molar refractivity (Wildman–Crippen MR) is 92.6 cm³/mol. The molecule has 0 saturated carbocycles. The summed E-state index contributed by atoms with van der Waals surface area (Å²) >= 11 is 5.86. The third kappa shape index (κ3) is 3.08. The van der Waals surface area contributed by atoms with Gasteiger partial charge in [0, 0.05) is 16.8 Å². The molecule has 6 heteroatoms. The zero-order valence-corrected chi connectivity index (χ0v) is 13.9. The number of benzene rings is 2. The molecule has 1 aliphatic rings. The van der Waals surface area contributed by atoms with Crippen LogP contribution in [-0.4, -0.2) is 24.5 Å². The molecule has 0 bridgehead atoms. The molecule has 0 spiro atoms. The van der Waals surface area contributed by atoms with Gasteiger partial charge in [0.1, 0.15) is 5.75 Å². The molecule has 5 nitrogen and oxygen atoms in total. The molecule has 1 atom stereocenters. The van der Waals surface area contributed by atoms with Crippen LogP contribution in [-0.2, 0) is 11.2 Å². The largest absolute Gasteiger partial charge is 0.483 e. The first-order chi connectivity index (χ1) is 11.5. The van der Waals surface area contributed by atoms with Gasteiger partial charge in [-0.2, -0.15) is 0 Å². The normalized spacial score (nSPS) is 15.9. The Hall–Kier alpha value is -2.53. The minimum Gasteiger partial charge on any atom is -0.483 e. The number of rotatable bonds is 4. The molecule has 2 aromatic carbocycles. The highest BCUT2D eigenvalue weighted by molar-refractivity contribution is 6.31. The molecule has 1 unspecified atom stereocenters. The lowest BCUT2D eigenvalue weighted by molar-refractivity contribution is -0.120. The molecule has 124 valence electrons. The molecule has 1 heterocycles. The summed E-state index contributed by atoms with van der Waals surface area (Å²) in [6.07, 6.45) is 0.815. The van der Waals surface area contributed by atoms with E-state index in [0.717, 1.165) is 17.7 Å². The van der Waals surface area contributed by atoms with Gasteiger partial charge in [-0.15, -0.1) is 0 Å². The van der Waals surface area contributed by atoms with E-state index in [1.807, 2.05) is 31.2 Å². The minimum absolute atomic E-state index is 0.0688. The molecule has 2 aromatic rings. The summed E-state index contributed by atoms with van der Waals surface area (Å²) in [5, 5.41) is 0.379. The van der Waals surface area contributed by atoms with Gasteiger partial charge < -0.3 is 15.4 Å². The van der Waals surface area contributed by atoms with E-state index in [1.54, 1.807) is 11.0 Å². The Bertz CT molecular complexity index is 807. The second-order valence-electron chi connectivity index (χ2n) is 5.74. The van der Waals surface area contributed by atoms with Crippen molar-refractivity contribution in [1.29, 1.82) is 0 Å². The van der Waals surface area contributed by atoms with E-state index >= 15 is 0 Å². The van der Waals surface area contributed by atoms with Crippen molar-refractivity contribution < 1.29 is 14.3 Å². The van der Waals surface area contributed by atoms with E-state index < -0.39 is 5.91 Å². The van der Waals surface area contributed by atoms with Gasteiger partial charge >= 0.3 is 0 Å². The number of nitrogens with zero attached hydrogens (tertiary/aromatic N) is 1. The predicted octanol–water partition coefficient (Wildman–Crippen LogP) is 2.80. The van der Waals surface area contributed by atoms with E-state index in [9.17, 15) is 9.59 Å². The number of para-hydroxylation sites is 1. The maximum Gasteiger partial charge on any atom is 0.265 e. The first-order valence-electron chi connectivity index (χ1n) is 7.59. The van der Waals surface area contributed by atoms with Gasteiger partial charge in [-0.3, -0.25) is 9.59 Å². The van der Waals surface area contributed by atoms with Gasteiger partial charge in [0.2, 0.25) is 0 Å². The fourth-order valence-electron chi connectivity index (χ4n) is 2.98. The number of anilines is 1. The van der Waals surface area contributed by atoms with E-state index in [4.69, 9.17) is 22.1 Å². The third-order valence-electron chi connectivity index (χ3n) is 4.03. The molecule has 3 rings (SSSR count). The smallest absolute Gasteiger partial charge is 0.265 e. The Morgan fingerprint density at radius 3 is 2.79 bits per heavy atom. The van der Waals surface area contributed by atoms with Crippen molar-refractivity contribution >= 4 is 29.1 Å². The van der Waals surface area contributed by atoms with Crippen LogP contribution in [0.25, 0.3) is 0 Å². The van der Waals surface area contributed by atoms with Crippen LogP contribution in [0, 0.1) is 0 Å². The average molecular weight is 345 g/mol. The molecule has 2 amide bonds. The molecule has 0 fully saturated rings. The number of nitrogens with two attached hydrogens (primary N) is 1. The fourth-order valence-corrected chi connectivity index (χ4v) is 3.15. The minimum atomic E-state index is -0.653. The first-order valence-corrected chi connectivity index (χ1v) is 7.97. The molecule has 1 aliphatic heterocycles.